The first-order valence-corrected chi connectivity index (χ1v) is 11.6. The van der Waals surface area contributed by atoms with Crippen LogP contribution in [0.25, 0.3) is 0 Å². The Kier molecular flexibility index (Phi) is 12.1. The van der Waals surface area contributed by atoms with E-state index < -0.39 is 0 Å². The van der Waals surface area contributed by atoms with Crippen LogP contribution in [0, 0.1) is 5.92 Å². The predicted molar refractivity (Wildman–Crippen MR) is 139 cm³/mol. The molecular formula is C23H33IN4O2S. The van der Waals surface area contributed by atoms with Crippen molar-refractivity contribution in [3.05, 3.63) is 54.2 Å². The van der Waals surface area contributed by atoms with Gasteiger partial charge in [-0.05, 0) is 37.5 Å². The van der Waals surface area contributed by atoms with Gasteiger partial charge in [-0.3, -0.25) is 0 Å². The molecule has 1 atom stereocenters. The summed E-state index contributed by atoms with van der Waals surface area (Å²) in [5.41, 5.74) is 0.986. The van der Waals surface area contributed by atoms with Crippen molar-refractivity contribution in [3.8, 4) is 5.88 Å². The highest BCUT2D eigenvalue weighted by atomic mass is 127. The molecule has 1 aliphatic rings. The summed E-state index contributed by atoms with van der Waals surface area (Å²) in [5.74, 6) is 3.41. The normalized spacial score (nSPS) is 16.1. The van der Waals surface area contributed by atoms with E-state index >= 15 is 0 Å². The molecule has 3 rings (SSSR count). The fourth-order valence-corrected chi connectivity index (χ4v) is 4.42. The van der Waals surface area contributed by atoms with Gasteiger partial charge < -0.3 is 19.7 Å². The Balaban J connectivity index is 0.00000341. The maximum absolute atomic E-state index is 5.74. The van der Waals surface area contributed by atoms with E-state index in [1.54, 1.807) is 13.3 Å². The second-order valence-corrected chi connectivity index (χ2v) is 8.30. The fourth-order valence-electron chi connectivity index (χ4n) is 3.37. The molecular weight excluding hydrogens is 523 g/mol. The molecule has 0 amide bonds. The van der Waals surface area contributed by atoms with Crippen molar-refractivity contribution in [3.63, 3.8) is 0 Å². The summed E-state index contributed by atoms with van der Waals surface area (Å²) in [4.78, 5) is 13.0. The van der Waals surface area contributed by atoms with Gasteiger partial charge in [0.25, 0.3) is 0 Å². The van der Waals surface area contributed by atoms with E-state index in [1.165, 1.54) is 11.3 Å². The molecule has 0 saturated carbocycles. The number of thioether (sulfide) groups is 1. The lowest BCUT2D eigenvalue weighted by Gasteiger charge is -2.22. The number of nitrogens with zero attached hydrogens (tertiary/aromatic N) is 3. The standard InChI is InChI=1S/C23H32N4O2S.HI/c1-3-24-23(26-16-20-8-7-12-25-22(20)29-15-14-28-2)27-13-11-19(17-27)18-30-21-9-5-4-6-10-21;/h4-10,12,19H,3,11,13-18H2,1-2H3,(H,24,26);1H. The second-order valence-electron chi connectivity index (χ2n) is 7.20. The Morgan fingerprint density at radius 3 is 2.84 bits per heavy atom. The number of benzene rings is 1. The van der Waals surface area contributed by atoms with Crippen molar-refractivity contribution in [1.82, 2.24) is 15.2 Å². The minimum Gasteiger partial charge on any atom is -0.475 e. The van der Waals surface area contributed by atoms with Gasteiger partial charge in [0.2, 0.25) is 5.88 Å². The zero-order valence-electron chi connectivity index (χ0n) is 18.3. The minimum absolute atomic E-state index is 0. The Hall–Kier alpha value is -1.52. The summed E-state index contributed by atoms with van der Waals surface area (Å²) in [7, 11) is 1.66. The van der Waals surface area contributed by atoms with Crippen molar-refractivity contribution in [2.24, 2.45) is 10.9 Å². The van der Waals surface area contributed by atoms with Crippen LogP contribution >= 0.6 is 35.7 Å². The van der Waals surface area contributed by atoms with Crippen LogP contribution in [0.4, 0.5) is 0 Å². The van der Waals surface area contributed by atoms with E-state index in [2.05, 4.69) is 52.5 Å². The number of rotatable bonds is 10. The summed E-state index contributed by atoms with van der Waals surface area (Å²) in [6.07, 6.45) is 2.94. The van der Waals surface area contributed by atoms with Crippen molar-refractivity contribution in [2.75, 3.05) is 45.7 Å². The number of halogens is 1. The van der Waals surface area contributed by atoms with Crippen LogP contribution in [-0.2, 0) is 11.3 Å². The number of ether oxygens (including phenoxy) is 2. The van der Waals surface area contributed by atoms with Crippen LogP contribution in [0.3, 0.4) is 0 Å². The first kappa shape index (κ1) is 25.7. The summed E-state index contributed by atoms with van der Waals surface area (Å²) in [6.45, 7) is 6.60. The molecule has 1 aromatic heterocycles. The molecule has 0 radical (unpaired) electrons. The number of hydrogen-bond acceptors (Lipinski definition) is 5. The van der Waals surface area contributed by atoms with E-state index in [4.69, 9.17) is 14.5 Å². The average Bonchev–Trinajstić information content (AvgIpc) is 3.26. The number of aliphatic imine (C=N–C) groups is 1. The van der Waals surface area contributed by atoms with Crippen molar-refractivity contribution >= 4 is 41.7 Å². The van der Waals surface area contributed by atoms with E-state index in [0.717, 1.165) is 36.9 Å². The molecule has 2 aromatic rings. The third kappa shape index (κ3) is 8.50. The van der Waals surface area contributed by atoms with Crippen molar-refractivity contribution < 1.29 is 9.47 Å². The molecule has 8 heteroatoms. The molecule has 1 aliphatic heterocycles. The molecule has 0 spiro atoms. The highest BCUT2D eigenvalue weighted by molar-refractivity contribution is 14.0. The quantitative estimate of drug-likeness (QED) is 0.155. The van der Waals surface area contributed by atoms with Gasteiger partial charge in [-0.25, -0.2) is 9.98 Å². The van der Waals surface area contributed by atoms with Crippen LogP contribution in [0.2, 0.25) is 0 Å². The van der Waals surface area contributed by atoms with Crippen LogP contribution in [0.1, 0.15) is 18.9 Å². The van der Waals surface area contributed by atoms with E-state index in [-0.39, 0.29) is 24.0 Å². The third-order valence-electron chi connectivity index (χ3n) is 4.92. The first-order chi connectivity index (χ1) is 14.8. The van der Waals surface area contributed by atoms with Gasteiger partial charge in [-0.15, -0.1) is 35.7 Å². The van der Waals surface area contributed by atoms with Crippen molar-refractivity contribution in [1.29, 1.82) is 0 Å². The summed E-state index contributed by atoms with van der Waals surface area (Å²) in [5, 5.41) is 3.45. The number of nitrogens with one attached hydrogen (secondary N) is 1. The molecule has 0 aliphatic carbocycles. The van der Waals surface area contributed by atoms with Gasteiger partial charge >= 0.3 is 0 Å². The van der Waals surface area contributed by atoms with Crippen LogP contribution < -0.4 is 10.1 Å². The monoisotopic (exact) mass is 556 g/mol. The molecule has 1 aromatic carbocycles. The van der Waals surface area contributed by atoms with E-state index in [9.17, 15) is 0 Å². The highest BCUT2D eigenvalue weighted by Crippen LogP contribution is 2.26. The Morgan fingerprint density at radius 1 is 1.23 bits per heavy atom. The number of guanidine groups is 1. The summed E-state index contributed by atoms with van der Waals surface area (Å²) < 4.78 is 10.8. The van der Waals surface area contributed by atoms with Gasteiger partial charge in [0.1, 0.15) is 6.61 Å². The Bertz CT molecular complexity index is 794. The lowest BCUT2D eigenvalue weighted by atomic mass is 10.2. The Morgan fingerprint density at radius 2 is 2.06 bits per heavy atom. The Labute approximate surface area is 207 Å². The maximum atomic E-state index is 5.74. The molecule has 170 valence electrons. The first-order valence-electron chi connectivity index (χ1n) is 10.6. The van der Waals surface area contributed by atoms with Gasteiger partial charge in [0.15, 0.2) is 5.96 Å². The number of aromatic nitrogens is 1. The van der Waals surface area contributed by atoms with Gasteiger partial charge in [-0.1, -0.05) is 24.3 Å². The zero-order valence-corrected chi connectivity index (χ0v) is 21.5. The van der Waals surface area contributed by atoms with Gasteiger partial charge in [0.05, 0.1) is 13.2 Å². The SMILES string of the molecule is CCNC(=NCc1cccnc1OCCOC)N1CCC(CSc2ccccc2)C1.I. The molecule has 1 N–H and O–H groups in total. The molecule has 0 bridgehead atoms. The number of methoxy groups -OCH3 is 1. The maximum Gasteiger partial charge on any atom is 0.218 e. The zero-order chi connectivity index (χ0) is 21.0. The van der Waals surface area contributed by atoms with Crippen LogP contribution in [0.5, 0.6) is 5.88 Å². The van der Waals surface area contributed by atoms with E-state index in [1.807, 2.05) is 23.9 Å². The largest absolute Gasteiger partial charge is 0.475 e. The lowest BCUT2D eigenvalue weighted by molar-refractivity contribution is 0.143. The molecule has 1 unspecified atom stereocenters. The molecule has 31 heavy (non-hydrogen) atoms. The lowest BCUT2D eigenvalue weighted by Crippen LogP contribution is -2.40. The molecule has 2 heterocycles. The van der Waals surface area contributed by atoms with Gasteiger partial charge in [0, 0.05) is 49.2 Å². The predicted octanol–water partition coefficient (Wildman–Crippen LogP) is 4.30. The molecule has 1 saturated heterocycles. The van der Waals surface area contributed by atoms with Gasteiger partial charge in [-0.2, -0.15) is 0 Å². The fraction of sp³-hybridized carbons (Fsp3) is 0.478. The third-order valence-corrected chi connectivity index (χ3v) is 6.17. The number of pyridine rings is 1. The molecule has 1 fully saturated rings. The summed E-state index contributed by atoms with van der Waals surface area (Å²) in [6, 6.07) is 14.6. The number of likely N-dealkylation sites (tertiary alicyclic amines) is 1. The number of hydrogen-bond donors (Lipinski definition) is 1. The average molecular weight is 557 g/mol. The topological polar surface area (TPSA) is 59.0 Å². The highest BCUT2D eigenvalue weighted by Gasteiger charge is 2.25. The second kappa shape index (κ2) is 14.5. The summed E-state index contributed by atoms with van der Waals surface area (Å²) >= 11 is 1.94. The molecule has 6 nitrogen and oxygen atoms in total. The van der Waals surface area contributed by atoms with Crippen molar-refractivity contribution in [2.45, 2.75) is 24.8 Å². The smallest absolute Gasteiger partial charge is 0.218 e. The van der Waals surface area contributed by atoms with Crippen LogP contribution in [-0.4, -0.2) is 61.6 Å². The minimum atomic E-state index is 0. The van der Waals surface area contributed by atoms with Crippen LogP contribution in [0.15, 0.2) is 58.5 Å². The van der Waals surface area contributed by atoms with E-state index in [0.29, 0.717) is 31.6 Å².